The van der Waals surface area contributed by atoms with Crippen LogP contribution in [0.5, 0.6) is 0 Å². The first-order valence-electron chi connectivity index (χ1n) is 9.82. The van der Waals surface area contributed by atoms with E-state index in [0.717, 1.165) is 22.0 Å². The number of carbonyl (C=O) groups excluding carboxylic acids is 1. The van der Waals surface area contributed by atoms with Crippen LogP contribution in [0.1, 0.15) is 21.5 Å². The van der Waals surface area contributed by atoms with Crippen LogP contribution < -0.4 is 5.32 Å². The van der Waals surface area contributed by atoms with Crippen molar-refractivity contribution in [2.24, 2.45) is 0 Å². The zero-order chi connectivity index (χ0) is 21.6. The molecule has 4 aromatic rings. The van der Waals surface area contributed by atoms with Gasteiger partial charge in [-0.3, -0.25) is 9.36 Å². The number of nitrogens with zero attached hydrogens (tertiary/aromatic N) is 3. The van der Waals surface area contributed by atoms with Gasteiger partial charge in [0.1, 0.15) is 0 Å². The number of nitrogens with one attached hydrogen (secondary N) is 1. The van der Waals surface area contributed by atoms with Crippen molar-refractivity contribution >= 4 is 23.4 Å². The highest BCUT2D eigenvalue weighted by Crippen LogP contribution is 2.27. The second-order valence-corrected chi connectivity index (χ2v) is 7.93. The number of rotatable bonds is 8. The van der Waals surface area contributed by atoms with Gasteiger partial charge in [0.05, 0.1) is 6.26 Å². The molecule has 6 nitrogen and oxygen atoms in total. The Labute approximate surface area is 185 Å². The van der Waals surface area contributed by atoms with Crippen molar-refractivity contribution in [1.82, 2.24) is 14.8 Å². The van der Waals surface area contributed by atoms with Gasteiger partial charge in [0, 0.05) is 23.5 Å². The Hall–Kier alpha value is -3.58. The molecule has 0 aliphatic heterocycles. The highest BCUT2D eigenvalue weighted by Gasteiger charge is 2.15. The Morgan fingerprint density at radius 1 is 1.16 bits per heavy atom. The van der Waals surface area contributed by atoms with Crippen LogP contribution in [0.4, 0.5) is 5.69 Å². The molecular weight excluding hydrogens is 408 g/mol. The number of thioether (sulfide) groups is 1. The summed E-state index contributed by atoms with van der Waals surface area (Å²) in [5.41, 5.74) is 3.60. The van der Waals surface area contributed by atoms with Crippen molar-refractivity contribution < 1.29 is 9.21 Å². The lowest BCUT2D eigenvalue weighted by Crippen LogP contribution is -2.11. The number of benzene rings is 2. The smallest absolute Gasteiger partial charge is 0.255 e. The molecule has 1 N–H and O–H groups in total. The molecule has 7 heteroatoms. The van der Waals surface area contributed by atoms with Gasteiger partial charge >= 0.3 is 0 Å². The summed E-state index contributed by atoms with van der Waals surface area (Å²) in [6, 6.07) is 19.0. The molecule has 0 spiro atoms. The van der Waals surface area contributed by atoms with Gasteiger partial charge in [0.25, 0.3) is 5.91 Å². The summed E-state index contributed by atoms with van der Waals surface area (Å²) in [4.78, 5) is 12.5. The van der Waals surface area contributed by atoms with Gasteiger partial charge in [0.15, 0.2) is 10.9 Å². The van der Waals surface area contributed by atoms with E-state index in [2.05, 4.69) is 22.1 Å². The lowest BCUT2D eigenvalue weighted by atomic mass is 10.1. The van der Waals surface area contributed by atoms with Crippen LogP contribution in [0.3, 0.4) is 0 Å². The molecule has 0 bridgehead atoms. The van der Waals surface area contributed by atoms with Crippen LogP contribution in [0.25, 0.3) is 11.6 Å². The average Bonchev–Trinajstić information content (AvgIpc) is 3.43. The first-order chi connectivity index (χ1) is 15.1. The minimum absolute atomic E-state index is 0.126. The average molecular weight is 431 g/mol. The standard InChI is InChI=1S/C24H22N4O2S/c1-3-13-28-22(21-8-5-14-30-21)26-27-24(28)31-16-18-9-11-19(12-10-18)23(29)25-20-7-4-6-17(2)15-20/h3-12,14-15H,1,13,16H2,2H3,(H,25,29). The largest absolute Gasteiger partial charge is 0.461 e. The van der Waals surface area contributed by atoms with Gasteiger partial charge < -0.3 is 9.73 Å². The lowest BCUT2D eigenvalue weighted by Gasteiger charge is -2.08. The van der Waals surface area contributed by atoms with Gasteiger partial charge in [-0.25, -0.2) is 0 Å². The molecule has 0 unspecified atom stereocenters. The molecule has 4 rings (SSSR count). The summed E-state index contributed by atoms with van der Waals surface area (Å²) in [6.45, 7) is 6.41. The van der Waals surface area contributed by atoms with Crippen molar-refractivity contribution in [3.63, 3.8) is 0 Å². The van der Waals surface area contributed by atoms with Crippen molar-refractivity contribution in [3.8, 4) is 11.6 Å². The number of allylic oxidation sites excluding steroid dienone is 1. The molecule has 0 fully saturated rings. The molecule has 0 aliphatic carbocycles. The quantitative estimate of drug-likeness (QED) is 0.292. The number of anilines is 1. The number of hydrogen-bond donors (Lipinski definition) is 1. The SMILES string of the molecule is C=CCn1c(SCc2ccc(C(=O)Nc3cccc(C)c3)cc2)nnc1-c1ccco1. The first kappa shape index (κ1) is 20.7. The summed E-state index contributed by atoms with van der Waals surface area (Å²) >= 11 is 1.58. The molecule has 2 aromatic carbocycles. The maximum Gasteiger partial charge on any atom is 0.255 e. The second-order valence-electron chi connectivity index (χ2n) is 6.99. The van der Waals surface area contributed by atoms with Crippen LogP contribution in [-0.4, -0.2) is 20.7 Å². The van der Waals surface area contributed by atoms with Crippen molar-refractivity contribution in [3.05, 3.63) is 96.3 Å². The molecule has 0 saturated carbocycles. The number of hydrogen-bond acceptors (Lipinski definition) is 5. The van der Waals surface area contributed by atoms with Crippen LogP contribution in [0, 0.1) is 6.92 Å². The Balaban J connectivity index is 1.42. The van der Waals surface area contributed by atoms with Crippen molar-refractivity contribution in [1.29, 1.82) is 0 Å². The van der Waals surface area contributed by atoms with E-state index in [1.807, 2.05) is 78.2 Å². The summed E-state index contributed by atoms with van der Waals surface area (Å²) in [7, 11) is 0. The van der Waals surface area contributed by atoms with Crippen LogP contribution >= 0.6 is 11.8 Å². The third-order valence-electron chi connectivity index (χ3n) is 4.63. The summed E-state index contributed by atoms with van der Waals surface area (Å²) < 4.78 is 7.43. The number of aromatic nitrogens is 3. The summed E-state index contributed by atoms with van der Waals surface area (Å²) in [6.07, 6.45) is 3.42. The fraction of sp³-hybridized carbons (Fsp3) is 0.125. The Morgan fingerprint density at radius 3 is 2.71 bits per heavy atom. The number of amides is 1. The van der Waals surface area contributed by atoms with Gasteiger partial charge in [-0.2, -0.15) is 0 Å². The number of aryl methyl sites for hydroxylation is 1. The van der Waals surface area contributed by atoms with Crippen LogP contribution in [-0.2, 0) is 12.3 Å². The van der Waals surface area contributed by atoms with Gasteiger partial charge in [-0.1, -0.05) is 42.1 Å². The third-order valence-corrected chi connectivity index (χ3v) is 5.67. The first-order valence-corrected chi connectivity index (χ1v) is 10.8. The lowest BCUT2D eigenvalue weighted by molar-refractivity contribution is 0.102. The van der Waals surface area contributed by atoms with E-state index in [1.165, 1.54) is 0 Å². The molecule has 0 aliphatic rings. The highest BCUT2D eigenvalue weighted by molar-refractivity contribution is 7.98. The maximum atomic E-state index is 12.5. The van der Waals surface area contributed by atoms with E-state index in [-0.39, 0.29) is 5.91 Å². The van der Waals surface area contributed by atoms with Crippen molar-refractivity contribution in [2.75, 3.05) is 5.32 Å². The normalized spacial score (nSPS) is 10.7. The van der Waals surface area contributed by atoms with E-state index < -0.39 is 0 Å². The minimum Gasteiger partial charge on any atom is -0.461 e. The molecule has 1 amide bonds. The maximum absolute atomic E-state index is 12.5. The highest BCUT2D eigenvalue weighted by atomic mass is 32.2. The predicted molar refractivity (Wildman–Crippen MR) is 123 cm³/mol. The third kappa shape index (κ3) is 4.95. The monoisotopic (exact) mass is 430 g/mol. The second kappa shape index (κ2) is 9.49. The minimum atomic E-state index is -0.126. The van der Waals surface area contributed by atoms with Gasteiger partial charge in [-0.15, -0.1) is 16.8 Å². The van der Waals surface area contributed by atoms with E-state index >= 15 is 0 Å². The number of furan rings is 1. The summed E-state index contributed by atoms with van der Waals surface area (Å²) in [5.74, 6) is 1.92. The van der Waals surface area contributed by atoms with E-state index in [1.54, 1.807) is 18.0 Å². The molecule has 156 valence electrons. The predicted octanol–water partition coefficient (Wildman–Crippen LogP) is 5.58. The van der Waals surface area contributed by atoms with Gasteiger partial charge in [-0.05, 0) is 54.4 Å². The molecule has 0 saturated heterocycles. The zero-order valence-electron chi connectivity index (χ0n) is 17.1. The van der Waals surface area contributed by atoms with E-state index in [0.29, 0.717) is 29.4 Å². The molecular formula is C24H22N4O2S. The fourth-order valence-electron chi connectivity index (χ4n) is 3.10. The molecule has 2 aromatic heterocycles. The van der Waals surface area contributed by atoms with E-state index in [4.69, 9.17) is 4.42 Å². The fourth-order valence-corrected chi connectivity index (χ4v) is 4.01. The topological polar surface area (TPSA) is 73.0 Å². The summed E-state index contributed by atoms with van der Waals surface area (Å²) in [5, 5.41) is 12.3. The van der Waals surface area contributed by atoms with Gasteiger partial charge in [0.2, 0.25) is 5.82 Å². The molecule has 2 heterocycles. The van der Waals surface area contributed by atoms with E-state index in [9.17, 15) is 4.79 Å². The zero-order valence-corrected chi connectivity index (χ0v) is 17.9. The van der Waals surface area contributed by atoms with Crippen LogP contribution in [0.2, 0.25) is 0 Å². The van der Waals surface area contributed by atoms with Crippen LogP contribution in [0.15, 0.2) is 89.2 Å². The molecule has 31 heavy (non-hydrogen) atoms. The number of carbonyl (C=O) groups is 1. The van der Waals surface area contributed by atoms with Crippen molar-refractivity contribution in [2.45, 2.75) is 24.4 Å². The molecule has 0 atom stereocenters. The molecule has 0 radical (unpaired) electrons. The Kier molecular flexibility index (Phi) is 6.33. The Morgan fingerprint density at radius 2 is 2.00 bits per heavy atom. The Bertz CT molecular complexity index is 1180.